The van der Waals surface area contributed by atoms with Crippen LogP contribution in [0.5, 0.6) is 0 Å². The Hall–Kier alpha value is -1.58. The van der Waals surface area contributed by atoms with E-state index in [1.54, 1.807) is 6.20 Å². The molecule has 1 aromatic rings. The molecule has 1 atom stereocenters. The van der Waals surface area contributed by atoms with Crippen molar-refractivity contribution in [3.63, 3.8) is 0 Å². The number of nitrogens with zero attached hydrogens (tertiary/aromatic N) is 2. The van der Waals surface area contributed by atoms with Gasteiger partial charge in [-0.05, 0) is 26.3 Å². The highest BCUT2D eigenvalue weighted by Crippen LogP contribution is 1.97. The second-order valence-electron chi connectivity index (χ2n) is 3.90. The lowest BCUT2D eigenvalue weighted by Gasteiger charge is -2.14. The number of amides is 1. The summed E-state index contributed by atoms with van der Waals surface area (Å²) in [5.41, 5.74) is 0.773. The van der Waals surface area contributed by atoms with Gasteiger partial charge in [-0.2, -0.15) is 5.10 Å². The fourth-order valence-corrected chi connectivity index (χ4v) is 1.47. The molecule has 0 spiro atoms. The predicted molar refractivity (Wildman–Crippen MR) is 63.9 cm³/mol. The summed E-state index contributed by atoms with van der Waals surface area (Å²) in [5, 5.41) is 7.03. The lowest BCUT2D eigenvalue weighted by Crippen LogP contribution is -2.36. The maximum absolute atomic E-state index is 11.7. The molecule has 4 heteroatoms. The number of hydrogen-bond acceptors (Lipinski definition) is 2. The van der Waals surface area contributed by atoms with Gasteiger partial charge in [0.15, 0.2) is 0 Å². The molecule has 1 N–H and O–H groups in total. The van der Waals surface area contributed by atoms with Gasteiger partial charge >= 0.3 is 0 Å². The van der Waals surface area contributed by atoms with E-state index in [1.807, 2.05) is 43.8 Å². The summed E-state index contributed by atoms with van der Waals surface area (Å²) in [5.74, 6) is 0.00139. The average molecular weight is 221 g/mol. The Morgan fingerprint density at radius 1 is 1.62 bits per heavy atom. The molecule has 0 aromatic carbocycles. The number of allylic oxidation sites excluding steroid dienone is 1. The summed E-state index contributed by atoms with van der Waals surface area (Å²) >= 11 is 0. The first-order chi connectivity index (χ1) is 7.63. The van der Waals surface area contributed by atoms with Crippen LogP contribution < -0.4 is 5.32 Å². The second-order valence-corrected chi connectivity index (χ2v) is 3.90. The van der Waals surface area contributed by atoms with E-state index in [2.05, 4.69) is 10.4 Å². The van der Waals surface area contributed by atoms with Crippen LogP contribution in [-0.2, 0) is 11.3 Å². The number of carbonyl (C=O) groups excluding carboxylic acids is 1. The summed E-state index contributed by atoms with van der Waals surface area (Å²) in [6.07, 6.45) is 6.43. The van der Waals surface area contributed by atoms with E-state index in [0.717, 1.165) is 12.0 Å². The van der Waals surface area contributed by atoms with Crippen molar-refractivity contribution in [2.45, 2.75) is 39.8 Å². The van der Waals surface area contributed by atoms with Crippen LogP contribution in [0, 0.1) is 0 Å². The van der Waals surface area contributed by atoms with Crippen LogP contribution >= 0.6 is 0 Å². The van der Waals surface area contributed by atoms with Crippen molar-refractivity contribution >= 4 is 5.91 Å². The van der Waals surface area contributed by atoms with Gasteiger partial charge in [0.25, 0.3) is 0 Å². The normalized spacial score (nSPS) is 13.6. The largest absolute Gasteiger partial charge is 0.348 e. The standard InChI is InChI=1S/C12H19N3O/c1-4-6-10(2)12(16)14-11(3)9-15-8-5-7-13-15/h5-8,11H,4,9H2,1-3H3,(H,14,16)/b10-6-/t11-/m1/s1. The zero-order valence-corrected chi connectivity index (χ0v) is 10.1. The molecule has 4 nitrogen and oxygen atoms in total. The highest BCUT2D eigenvalue weighted by molar-refractivity contribution is 5.92. The number of nitrogens with one attached hydrogen (secondary N) is 1. The van der Waals surface area contributed by atoms with E-state index in [1.165, 1.54) is 0 Å². The maximum atomic E-state index is 11.7. The van der Waals surface area contributed by atoms with Crippen molar-refractivity contribution in [3.05, 3.63) is 30.1 Å². The van der Waals surface area contributed by atoms with E-state index in [0.29, 0.717) is 6.54 Å². The molecule has 0 bridgehead atoms. The van der Waals surface area contributed by atoms with Crippen LogP contribution in [0.3, 0.4) is 0 Å². The van der Waals surface area contributed by atoms with Crippen molar-refractivity contribution in [2.24, 2.45) is 0 Å². The van der Waals surface area contributed by atoms with E-state index in [4.69, 9.17) is 0 Å². The third-order valence-electron chi connectivity index (χ3n) is 2.27. The first kappa shape index (κ1) is 12.5. The van der Waals surface area contributed by atoms with Crippen molar-refractivity contribution in [3.8, 4) is 0 Å². The molecule has 0 saturated carbocycles. The lowest BCUT2D eigenvalue weighted by molar-refractivity contribution is -0.118. The molecule has 0 unspecified atom stereocenters. The average Bonchev–Trinajstić information content (AvgIpc) is 2.70. The van der Waals surface area contributed by atoms with Gasteiger partial charge in [-0.15, -0.1) is 0 Å². The highest BCUT2D eigenvalue weighted by Gasteiger charge is 2.08. The van der Waals surface area contributed by atoms with Crippen LogP contribution in [0.25, 0.3) is 0 Å². The van der Waals surface area contributed by atoms with E-state index >= 15 is 0 Å². The summed E-state index contributed by atoms with van der Waals surface area (Å²) in [6, 6.07) is 1.95. The Balaban J connectivity index is 2.42. The molecule has 1 rings (SSSR count). The molecule has 88 valence electrons. The third kappa shape index (κ3) is 3.88. The van der Waals surface area contributed by atoms with E-state index < -0.39 is 0 Å². The van der Waals surface area contributed by atoms with Crippen molar-refractivity contribution in [1.29, 1.82) is 0 Å². The molecule has 0 aliphatic heterocycles. The fraction of sp³-hybridized carbons (Fsp3) is 0.500. The summed E-state index contributed by atoms with van der Waals surface area (Å²) in [7, 11) is 0. The quantitative estimate of drug-likeness (QED) is 0.770. The predicted octanol–water partition coefficient (Wildman–Crippen LogP) is 1.74. The molecule has 16 heavy (non-hydrogen) atoms. The Kier molecular flexibility index (Phi) is 4.76. The van der Waals surface area contributed by atoms with Gasteiger partial charge in [0, 0.05) is 24.0 Å². The SMILES string of the molecule is CC/C=C(/C)C(=O)N[C@H](C)Cn1cccn1. The molecule has 1 amide bonds. The van der Waals surface area contributed by atoms with Crippen LogP contribution in [0.4, 0.5) is 0 Å². The van der Waals surface area contributed by atoms with Crippen molar-refractivity contribution < 1.29 is 4.79 Å². The van der Waals surface area contributed by atoms with Crippen LogP contribution in [0.1, 0.15) is 27.2 Å². The number of carbonyl (C=O) groups is 1. The van der Waals surface area contributed by atoms with E-state index in [-0.39, 0.29) is 11.9 Å². The van der Waals surface area contributed by atoms with E-state index in [9.17, 15) is 4.79 Å². The molecule has 0 aliphatic carbocycles. The Morgan fingerprint density at radius 2 is 2.38 bits per heavy atom. The minimum absolute atomic E-state index is 0.00139. The second kappa shape index (κ2) is 6.10. The zero-order valence-electron chi connectivity index (χ0n) is 10.1. The first-order valence-electron chi connectivity index (χ1n) is 5.58. The third-order valence-corrected chi connectivity index (χ3v) is 2.27. The van der Waals surface area contributed by atoms with Gasteiger partial charge in [-0.25, -0.2) is 0 Å². The highest BCUT2D eigenvalue weighted by atomic mass is 16.1. The van der Waals surface area contributed by atoms with Gasteiger partial charge in [-0.3, -0.25) is 9.48 Å². The van der Waals surface area contributed by atoms with Gasteiger partial charge < -0.3 is 5.32 Å². The monoisotopic (exact) mass is 221 g/mol. The first-order valence-corrected chi connectivity index (χ1v) is 5.58. The molecule has 0 fully saturated rings. The molecule has 0 radical (unpaired) electrons. The van der Waals surface area contributed by atoms with Crippen molar-refractivity contribution in [2.75, 3.05) is 0 Å². The van der Waals surface area contributed by atoms with Gasteiger partial charge in [0.2, 0.25) is 5.91 Å². The van der Waals surface area contributed by atoms with Gasteiger partial charge in [-0.1, -0.05) is 13.0 Å². The smallest absolute Gasteiger partial charge is 0.246 e. The minimum atomic E-state index is 0.00139. The Morgan fingerprint density at radius 3 is 2.94 bits per heavy atom. The summed E-state index contributed by atoms with van der Waals surface area (Å²) < 4.78 is 1.81. The molecule has 0 saturated heterocycles. The number of rotatable bonds is 5. The number of hydrogen-bond donors (Lipinski definition) is 1. The van der Waals surface area contributed by atoms with Gasteiger partial charge in [0.05, 0.1) is 6.54 Å². The summed E-state index contributed by atoms with van der Waals surface area (Å²) in [6.45, 7) is 6.51. The van der Waals surface area contributed by atoms with Crippen molar-refractivity contribution in [1.82, 2.24) is 15.1 Å². The van der Waals surface area contributed by atoms with Crippen LogP contribution in [0.2, 0.25) is 0 Å². The zero-order chi connectivity index (χ0) is 12.0. The molecule has 0 aliphatic rings. The lowest BCUT2D eigenvalue weighted by atomic mass is 10.2. The minimum Gasteiger partial charge on any atom is -0.348 e. The maximum Gasteiger partial charge on any atom is 0.246 e. The summed E-state index contributed by atoms with van der Waals surface area (Å²) in [4.78, 5) is 11.7. The van der Waals surface area contributed by atoms with Gasteiger partial charge in [0.1, 0.15) is 0 Å². The Labute approximate surface area is 96.3 Å². The fourth-order valence-electron chi connectivity index (χ4n) is 1.47. The van der Waals surface area contributed by atoms with Crippen LogP contribution in [0.15, 0.2) is 30.1 Å². The molecular weight excluding hydrogens is 202 g/mol. The molecular formula is C12H19N3O. The topological polar surface area (TPSA) is 46.9 Å². The Bertz CT molecular complexity index is 354. The molecule has 1 aromatic heterocycles. The van der Waals surface area contributed by atoms with Crippen LogP contribution in [-0.4, -0.2) is 21.7 Å². The number of aromatic nitrogens is 2. The molecule has 1 heterocycles.